The number of nitrogens with one attached hydrogen (secondary N) is 2. The summed E-state index contributed by atoms with van der Waals surface area (Å²) in [5.74, 6) is 0.360. The van der Waals surface area contributed by atoms with E-state index in [-0.39, 0.29) is 12.1 Å². The number of benzene rings is 1. The highest BCUT2D eigenvalue weighted by Crippen LogP contribution is 2.23. The maximum atomic E-state index is 12.1. The Bertz CT molecular complexity index is 596. The van der Waals surface area contributed by atoms with Gasteiger partial charge in [0.05, 0.1) is 6.04 Å². The zero-order valence-corrected chi connectivity index (χ0v) is 12.6. The standard InChI is InChI=1S/C17H21N3O/c1-12(2)15-6-4-5-7-16(15)20-17(21)19-13(3)14-8-10-18-11-9-14/h4-13H,1-3H3,(H2,19,20,21). The summed E-state index contributed by atoms with van der Waals surface area (Å²) in [4.78, 5) is 16.1. The predicted octanol–water partition coefficient (Wildman–Crippen LogP) is 4.09. The third kappa shape index (κ3) is 4.05. The van der Waals surface area contributed by atoms with Gasteiger partial charge in [-0.15, -0.1) is 0 Å². The summed E-state index contributed by atoms with van der Waals surface area (Å²) >= 11 is 0. The molecule has 2 rings (SSSR count). The Kier molecular flexibility index (Phi) is 4.93. The van der Waals surface area contributed by atoms with Gasteiger partial charge in [-0.05, 0) is 42.2 Å². The molecule has 2 amide bonds. The average Bonchev–Trinajstić information content (AvgIpc) is 2.48. The smallest absolute Gasteiger partial charge is 0.319 e. The summed E-state index contributed by atoms with van der Waals surface area (Å²) in [6.07, 6.45) is 3.44. The molecule has 0 saturated heterocycles. The van der Waals surface area contributed by atoms with E-state index in [1.165, 1.54) is 0 Å². The molecular formula is C17H21N3O. The van der Waals surface area contributed by atoms with Crippen LogP contribution in [0.4, 0.5) is 10.5 Å². The fourth-order valence-electron chi connectivity index (χ4n) is 2.20. The van der Waals surface area contributed by atoms with Gasteiger partial charge in [-0.1, -0.05) is 32.0 Å². The quantitative estimate of drug-likeness (QED) is 0.888. The lowest BCUT2D eigenvalue weighted by molar-refractivity contribution is 0.249. The van der Waals surface area contributed by atoms with Crippen LogP contribution in [0.25, 0.3) is 0 Å². The monoisotopic (exact) mass is 283 g/mol. The molecule has 1 aromatic heterocycles. The summed E-state index contributed by atoms with van der Waals surface area (Å²) < 4.78 is 0. The van der Waals surface area contributed by atoms with Gasteiger partial charge in [-0.25, -0.2) is 4.79 Å². The molecular weight excluding hydrogens is 262 g/mol. The molecule has 1 heterocycles. The van der Waals surface area contributed by atoms with E-state index in [0.717, 1.165) is 16.8 Å². The first-order valence-corrected chi connectivity index (χ1v) is 7.14. The van der Waals surface area contributed by atoms with Gasteiger partial charge in [0, 0.05) is 18.1 Å². The Morgan fingerprint density at radius 2 is 1.71 bits per heavy atom. The molecule has 0 radical (unpaired) electrons. The minimum Gasteiger partial charge on any atom is -0.331 e. The van der Waals surface area contributed by atoms with Crippen molar-refractivity contribution in [3.05, 3.63) is 59.9 Å². The zero-order chi connectivity index (χ0) is 15.2. The van der Waals surface area contributed by atoms with Gasteiger partial charge < -0.3 is 10.6 Å². The van der Waals surface area contributed by atoms with Crippen molar-refractivity contribution in [3.8, 4) is 0 Å². The molecule has 0 aliphatic carbocycles. The molecule has 1 unspecified atom stereocenters. The molecule has 21 heavy (non-hydrogen) atoms. The fraction of sp³-hybridized carbons (Fsp3) is 0.294. The van der Waals surface area contributed by atoms with E-state index in [0.29, 0.717) is 5.92 Å². The largest absolute Gasteiger partial charge is 0.331 e. The second-order valence-electron chi connectivity index (χ2n) is 5.34. The van der Waals surface area contributed by atoms with Gasteiger partial charge in [-0.3, -0.25) is 4.98 Å². The summed E-state index contributed by atoms with van der Waals surface area (Å²) in [6, 6.07) is 11.4. The van der Waals surface area contributed by atoms with Gasteiger partial charge in [0.1, 0.15) is 0 Å². The Morgan fingerprint density at radius 3 is 2.38 bits per heavy atom. The second-order valence-corrected chi connectivity index (χ2v) is 5.34. The number of hydrogen-bond donors (Lipinski definition) is 2. The number of rotatable bonds is 4. The van der Waals surface area contributed by atoms with Crippen LogP contribution in [0.5, 0.6) is 0 Å². The Balaban J connectivity index is 2.02. The van der Waals surface area contributed by atoms with Crippen molar-refractivity contribution in [3.63, 3.8) is 0 Å². The van der Waals surface area contributed by atoms with Crippen molar-refractivity contribution >= 4 is 11.7 Å². The number of nitrogens with zero attached hydrogens (tertiary/aromatic N) is 1. The van der Waals surface area contributed by atoms with Gasteiger partial charge in [-0.2, -0.15) is 0 Å². The number of hydrogen-bond acceptors (Lipinski definition) is 2. The minimum atomic E-state index is -0.201. The van der Waals surface area contributed by atoms with Gasteiger partial charge >= 0.3 is 6.03 Å². The van der Waals surface area contributed by atoms with Crippen molar-refractivity contribution in [1.29, 1.82) is 0 Å². The maximum absolute atomic E-state index is 12.1. The van der Waals surface area contributed by atoms with Crippen LogP contribution < -0.4 is 10.6 Å². The van der Waals surface area contributed by atoms with E-state index < -0.39 is 0 Å². The Hall–Kier alpha value is -2.36. The van der Waals surface area contributed by atoms with E-state index >= 15 is 0 Å². The minimum absolute atomic E-state index is 0.0702. The number of amides is 2. The molecule has 4 nitrogen and oxygen atoms in total. The molecule has 1 atom stereocenters. The summed E-state index contributed by atoms with van der Waals surface area (Å²) in [5.41, 5.74) is 3.01. The third-order valence-electron chi connectivity index (χ3n) is 3.38. The normalized spacial score (nSPS) is 12.0. The van der Waals surface area contributed by atoms with E-state index in [4.69, 9.17) is 0 Å². The van der Waals surface area contributed by atoms with Crippen LogP contribution in [-0.4, -0.2) is 11.0 Å². The lowest BCUT2D eigenvalue weighted by atomic mass is 10.0. The molecule has 2 N–H and O–H groups in total. The summed E-state index contributed by atoms with van der Waals surface area (Å²) in [5, 5.41) is 5.86. The molecule has 110 valence electrons. The molecule has 0 fully saturated rings. The SMILES string of the molecule is CC(C)c1ccccc1NC(=O)NC(C)c1ccncc1. The van der Waals surface area contributed by atoms with Crippen molar-refractivity contribution < 1.29 is 4.79 Å². The van der Waals surface area contributed by atoms with Crippen molar-refractivity contribution in [2.75, 3.05) is 5.32 Å². The van der Waals surface area contributed by atoms with Crippen LogP contribution in [0.1, 0.15) is 43.9 Å². The number of aromatic nitrogens is 1. The molecule has 0 saturated carbocycles. The summed E-state index contributed by atoms with van der Waals surface area (Å²) in [7, 11) is 0. The van der Waals surface area contributed by atoms with Crippen LogP contribution in [0.2, 0.25) is 0 Å². The highest BCUT2D eigenvalue weighted by molar-refractivity contribution is 5.90. The molecule has 0 bridgehead atoms. The Labute approximate surface area is 125 Å². The number of para-hydroxylation sites is 1. The molecule has 4 heteroatoms. The molecule has 1 aromatic carbocycles. The van der Waals surface area contributed by atoms with E-state index in [9.17, 15) is 4.79 Å². The van der Waals surface area contributed by atoms with Crippen LogP contribution >= 0.6 is 0 Å². The number of anilines is 1. The van der Waals surface area contributed by atoms with Gasteiger partial charge in [0.25, 0.3) is 0 Å². The number of carbonyl (C=O) groups is 1. The molecule has 0 spiro atoms. The van der Waals surface area contributed by atoms with E-state index in [1.54, 1.807) is 12.4 Å². The maximum Gasteiger partial charge on any atom is 0.319 e. The van der Waals surface area contributed by atoms with Crippen LogP contribution in [0.3, 0.4) is 0 Å². The zero-order valence-electron chi connectivity index (χ0n) is 12.6. The first-order valence-electron chi connectivity index (χ1n) is 7.14. The van der Waals surface area contributed by atoms with Crippen molar-refractivity contribution in [2.24, 2.45) is 0 Å². The molecule has 0 aliphatic heterocycles. The summed E-state index contributed by atoms with van der Waals surface area (Å²) in [6.45, 7) is 6.17. The number of pyridine rings is 1. The lowest BCUT2D eigenvalue weighted by Crippen LogP contribution is -2.31. The van der Waals surface area contributed by atoms with Crippen molar-refractivity contribution in [1.82, 2.24) is 10.3 Å². The van der Waals surface area contributed by atoms with Crippen LogP contribution in [0.15, 0.2) is 48.8 Å². The topological polar surface area (TPSA) is 54.0 Å². The number of urea groups is 1. The second kappa shape index (κ2) is 6.88. The lowest BCUT2D eigenvalue weighted by Gasteiger charge is -2.17. The van der Waals surface area contributed by atoms with Gasteiger partial charge in [0.15, 0.2) is 0 Å². The predicted molar refractivity (Wildman–Crippen MR) is 85.3 cm³/mol. The fourth-order valence-corrected chi connectivity index (χ4v) is 2.20. The highest BCUT2D eigenvalue weighted by atomic mass is 16.2. The highest BCUT2D eigenvalue weighted by Gasteiger charge is 2.12. The Morgan fingerprint density at radius 1 is 1.05 bits per heavy atom. The van der Waals surface area contributed by atoms with Crippen LogP contribution in [0, 0.1) is 0 Å². The molecule has 0 aliphatic rings. The number of carbonyl (C=O) groups excluding carboxylic acids is 1. The van der Waals surface area contributed by atoms with E-state index in [1.807, 2.05) is 43.3 Å². The first kappa shape index (κ1) is 15.0. The van der Waals surface area contributed by atoms with E-state index in [2.05, 4.69) is 29.5 Å². The van der Waals surface area contributed by atoms with Crippen LogP contribution in [-0.2, 0) is 0 Å². The van der Waals surface area contributed by atoms with Gasteiger partial charge in [0.2, 0.25) is 0 Å². The molecule has 2 aromatic rings. The first-order chi connectivity index (χ1) is 10.1. The average molecular weight is 283 g/mol. The third-order valence-corrected chi connectivity index (χ3v) is 3.38. The van der Waals surface area contributed by atoms with Crippen molar-refractivity contribution in [2.45, 2.75) is 32.7 Å².